The van der Waals surface area contributed by atoms with E-state index in [4.69, 9.17) is 15.2 Å². The third-order valence-corrected chi connectivity index (χ3v) is 3.55. The Morgan fingerprint density at radius 3 is 2.44 bits per heavy atom. The average Bonchev–Trinajstić information content (AvgIpc) is 2.63. The number of nitrogens with one attached hydrogen (secondary N) is 1. The standard InChI is InChI=1S/C18H19N3O6/c1-3-26-14-7-4-12(5-8-14)20-17(22)11(2)27-18(23)15-9-6-13(21(24)25)10-16(15)19/h4-11H,3,19H2,1-2H3,(H,20,22). The van der Waals surface area contributed by atoms with E-state index < -0.39 is 22.9 Å². The number of nitrogen functional groups attached to an aromatic ring is 1. The van der Waals surface area contributed by atoms with Gasteiger partial charge in [0.25, 0.3) is 11.6 Å². The number of amides is 1. The summed E-state index contributed by atoms with van der Waals surface area (Å²) in [5.41, 5.74) is 5.77. The molecule has 0 aromatic heterocycles. The van der Waals surface area contributed by atoms with Gasteiger partial charge in [-0.2, -0.15) is 0 Å². The molecule has 0 saturated carbocycles. The van der Waals surface area contributed by atoms with Gasteiger partial charge in [-0.1, -0.05) is 0 Å². The summed E-state index contributed by atoms with van der Waals surface area (Å²) < 4.78 is 10.4. The zero-order valence-corrected chi connectivity index (χ0v) is 14.8. The number of non-ortho nitro benzene ring substituents is 1. The lowest BCUT2D eigenvalue weighted by Crippen LogP contribution is -2.30. The second-order valence-corrected chi connectivity index (χ2v) is 5.52. The lowest BCUT2D eigenvalue weighted by Gasteiger charge is -2.14. The van der Waals surface area contributed by atoms with Gasteiger partial charge in [0.05, 0.1) is 22.8 Å². The number of nitro groups is 1. The van der Waals surface area contributed by atoms with E-state index in [0.717, 1.165) is 12.1 Å². The molecule has 0 aliphatic heterocycles. The third kappa shape index (κ3) is 5.18. The normalized spacial score (nSPS) is 11.3. The first-order valence-corrected chi connectivity index (χ1v) is 8.10. The molecule has 2 aromatic rings. The van der Waals surface area contributed by atoms with Crippen LogP contribution in [0.25, 0.3) is 0 Å². The van der Waals surface area contributed by atoms with Crippen molar-refractivity contribution in [3.8, 4) is 5.75 Å². The maximum atomic E-state index is 12.2. The van der Waals surface area contributed by atoms with Gasteiger partial charge in [-0.15, -0.1) is 0 Å². The maximum Gasteiger partial charge on any atom is 0.341 e. The van der Waals surface area contributed by atoms with E-state index in [0.29, 0.717) is 18.0 Å². The molecular formula is C18H19N3O6. The summed E-state index contributed by atoms with van der Waals surface area (Å²) in [5.74, 6) is -0.714. The van der Waals surface area contributed by atoms with E-state index in [1.807, 2.05) is 6.92 Å². The number of esters is 1. The summed E-state index contributed by atoms with van der Waals surface area (Å²) in [6, 6.07) is 10.1. The Balaban J connectivity index is 1.99. The molecular weight excluding hydrogens is 354 g/mol. The van der Waals surface area contributed by atoms with E-state index >= 15 is 0 Å². The molecule has 9 heteroatoms. The van der Waals surface area contributed by atoms with Gasteiger partial charge in [0.1, 0.15) is 5.75 Å². The fraction of sp³-hybridized carbons (Fsp3) is 0.222. The molecule has 2 aromatic carbocycles. The van der Waals surface area contributed by atoms with Crippen LogP contribution >= 0.6 is 0 Å². The number of carbonyl (C=O) groups excluding carboxylic acids is 2. The summed E-state index contributed by atoms with van der Waals surface area (Å²) >= 11 is 0. The Bertz CT molecular complexity index is 851. The number of ether oxygens (including phenoxy) is 2. The van der Waals surface area contributed by atoms with Crippen molar-refractivity contribution in [3.63, 3.8) is 0 Å². The second kappa shape index (κ2) is 8.65. The fourth-order valence-corrected chi connectivity index (χ4v) is 2.17. The minimum Gasteiger partial charge on any atom is -0.494 e. The van der Waals surface area contributed by atoms with Crippen LogP contribution in [0.1, 0.15) is 24.2 Å². The van der Waals surface area contributed by atoms with Gasteiger partial charge in [0.15, 0.2) is 6.10 Å². The molecule has 0 heterocycles. The third-order valence-electron chi connectivity index (χ3n) is 3.55. The average molecular weight is 373 g/mol. The molecule has 3 N–H and O–H groups in total. The Labute approximate surface area is 155 Å². The van der Waals surface area contributed by atoms with Crippen molar-refractivity contribution in [2.24, 2.45) is 0 Å². The minimum absolute atomic E-state index is 0.0543. The number of hydrogen-bond acceptors (Lipinski definition) is 7. The van der Waals surface area contributed by atoms with Crippen LogP contribution in [0.5, 0.6) is 5.75 Å². The summed E-state index contributed by atoms with van der Waals surface area (Å²) in [4.78, 5) is 34.4. The molecule has 1 atom stereocenters. The molecule has 0 spiro atoms. The molecule has 0 bridgehead atoms. The van der Waals surface area contributed by atoms with Crippen LogP contribution in [-0.4, -0.2) is 29.5 Å². The second-order valence-electron chi connectivity index (χ2n) is 5.52. The zero-order chi connectivity index (χ0) is 20.0. The van der Waals surface area contributed by atoms with E-state index in [9.17, 15) is 19.7 Å². The summed E-state index contributed by atoms with van der Waals surface area (Å²) in [6.45, 7) is 3.80. The Hall–Kier alpha value is -3.62. The van der Waals surface area contributed by atoms with Crippen molar-refractivity contribution < 1.29 is 24.0 Å². The molecule has 9 nitrogen and oxygen atoms in total. The lowest BCUT2D eigenvalue weighted by atomic mass is 10.1. The quantitative estimate of drug-likeness (QED) is 0.330. The van der Waals surface area contributed by atoms with E-state index in [2.05, 4.69) is 5.32 Å². The summed E-state index contributed by atoms with van der Waals surface area (Å²) in [7, 11) is 0. The number of nitrogens with two attached hydrogens (primary N) is 1. The molecule has 0 radical (unpaired) electrons. The predicted molar refractivity (Wildman–Crippen MR) is 98.6 cm³/mol. The topological polar surface area (TPSA) is 134 Å². The smallest absolute Gasteiger partial charge is 0.341 e. The van der Waals surface area contributed by atoms with Crippen molar-refractivity contribution in [1.29, 1.82) is 0 Å². The van der Waals surface area contributed by atoms with Crippen molar-refractivity contribution in [2.75, 3.05) is 17.7 Å². The maximum absolute atomic E-state index is 12.2. The van der Waals surface area contributed by atoms with Crippen LogP contribution < -0.4 is 15.8 Å². The van der Waals surface area contributed by atoms with Gasteiger partial charge in [-0.25, -0.2) is 4.79 Å². The Morgan fingerprint density at radius 1 is 1.22 bits per heavy atom. The van der Waals surface area contributed by atoms with Crippen LogP contribution in [0.2, 0.25) is 0 Å². The number of rotatable bonds is 7. The fourth-order valence-electron chi connectivity index (χ4n) is 2.17. The summed E-state index contributed by atoms with van der Waals surface area (Å²) in [5, 5.41) is 13.3. The number of anilines is 2. The van der Waals surface area contributed by atoms with Crippen LogP contribution in [0.15, 0.2) is 42.5 Å². The van der Waals surface area contributed by atoms with Crippen LogP contribution in [0, 0.1) is 10.1 Å². The first kappa shape index (κ1) is 19.7. The molecule has 27 heavy (non-hydrogen) atoms. The minimum atomic E-state index is -1.10. The number of hydrogen-bond donors (Lipinski definition) is 2. The number of nitrogens with zero attached hydrogens (tertiary/aromatic N) is 1. The Morgan fingerprint density at radius 2 is 1.89 bits per heavy atom. The van der Waals surface area contributed by atoms with Crippen LogP contribution in [0.3, 0.4) is 0 Å². The predicted octanol–water partition coefficient (Wildman–Crippen LogP) is 2.76. The number of carbonyl (C=O) groups is 2. The monoisotopic (exact) mass is 373 g/mol. The summed E-state index contributed by atoms with van der Waals surface area (Å²) in [6.07, 6.45) is -1.10. The van der Waals surface area contributed by atoms with Crippen LogP contribution in [0.4, 0.5) is 17.1 Å². The van der Waals surface area contributed by atoms with Gasteiger partial charge >= 0.3 is 5.97 Å². The Kier molecular flexibility index (Phi) is 6.32. The van der Waals surface area contributed by atoms with Crippen molar-refractivity contribution in [2.45, 2.75) is 20.0 Å². The number of nitro benzene ring substituents is 1. The van der Waals surface area contributed by atoms with Crippen molar-refractivity contribution in [3.05, 3.63) is 58.1 Å². The molecule has 0 aliphatic rings. The number of benzene rings is 2. The SMILES string of the molecule is CCOc1ccc(NC(=O)C(C)OC(=O)c2ccc([N+](=O)[O-])cc2N)cc1. The lowest BCUT2D eigenvalue weighted by molar-refractivity contribution is -0.384. The highest BCUT2D eigenvalue weighted by atomic mass is 16.6. The van der Waals surface area contributed by atoms with Gasteiger partial charge in [0, 0.05) is 17.8 Å². The first-order chi connectivity index (χ1) is 12.8. The molecule has 2 rings (SSSR count). The molecule has 142 valence electrons. The van der Waals surface area contributed by atoms with Crippen molar-refractivity contribution in [1.82, 2.24) is 0 Å². The molecule has 0 aliphatic carbocycles. The molecule has 0 fully saturated rings. The van der Waals surface area contributed by atoms with Gasteiger partial charge in [0.2, 0.25) is 0 Å². The van der Waals surface area contributed by atoms with Crippen LogP contribution in [-0.2, 0) is 9.53 Å². The zero-order valence-electron chi connectivity index (χ0n) is 14.8. The van der Waals surface area contributed by atoms with Crippen molar-refractivity contribution >= 4 is 28.9 Å². The highest BCUT2D eigenvalue weighted by Gasteiger charge is 2.21. The molecule has 1 amide bonds. The van der Waals surface area contributed by atoms with E-state index in [1.54, 1.807) is 24.3 Å². The molecule has 1 unspecified atom stereocenters. The van der Waals surface area contributed by atoms with Gasteiger partial charge in [-0.05, 0) is 44.2 Å². The molecule has 0 saturated heterocycles. The van der Waals surface area contributed by atoms with Gasteiger partial charge in [-0.3, -0.25) is 14.9 Å². The first-order valence-electron chi connectivity index (χ1n) is 8.10. The van der Waals surface area contributed by atoms with Gasteiger partial charge < -0.3 is 20.5 Å². The van der Waals surface area contributed by atoms with E-state index in [1.165, 1.54) is 13.0 Å². The van der Waals surface area contributed by atoms with E-state index in [-0.39, 0.29) is 16.9 Å². The largest absolute Gasteiger partial charge is 0.494 e. The highest BCUT2D eigenvalue weighted by molar-refractivity contribution is 5.99. The highest BCUT2D eigenvalue weighted by Crippen LogP contribution is 2.21.